The number of likely N-dealkylation sites (N-methyl/N-ethyl adjacent to an activating group) is 2. The molecule has 0 amide bonds. The fourth-order valence-electron chi connectivity index (χ4n) is 4.45. The van der Waals surface area contributed by atoms with E-state index < -0.39 is 17.6 Å². The molecule has 4 aromatic rings. The number of nitriles is 1. The van der Waals surface area contributed by atoms with Crippen LogP contribution in [0, 0.1) is 11.3 Å². The van der Waals surface area contributed by atoms with Crippen molar-refractivity contribution in [3.63, 3.8) is 0 Å². The van der Waals surface area contributed by atoms with E-state index in [1.807, 2.05) is 46.0 Å². The summed E-state index contributed by atoms with van der Waals surface area (Å²) in [4.78, 5) is 12.4. The van der Waals surface area contributed by atoms with Crippen LogP contribution in [0.3, 0.4) is 0 Å². The number of aromatic nitrogens is 4. The van der Waals surface area contributed by atoms with Gasteiger partial charge < -0.3 is 25.2 Å². The van der Waals surface area contributed by atoms with Crippen LogP contribution in [0.2, 0.25) is 0 Å². The van der Waals surface area contributed by atoms with Gasteiger partial charge in [-0.25, -0.2) is 9.67 Å². The largest absolute Gasteiger partial charge is 0.663 e. The summed E-state index contributed by atoms with van der Waals surface area (Å²) in [5, 5.41) is 22.0. The zero-order valence-corrected chi connectivity index (χ0v) is 24.9. The zero-order valence-electron chi connectivity index (χ0n) is 24.9. The van der Waals surface area contributed by atoms with Gasteiger partial charge in [0.25, 0.3) is 0 Å². The van der Waals surface area contributed by atoms with Crippen molar-refractivity contribution in [1.29, 1.82) is 5.26 Å². The van der Waals surface area contributed by atoms with Crippen molar-refractivity contribution in [2.45, 2.75) is 26.4 Å². The number of fused-ring (bicyclic) bond motifs is 1. The SMILES string of the molecule is CC=C[N-]c1cc(Nc2ncc(C(F)(F)F)c(-n3nc(CC)c4cc(C#N)ccc43)n2)c(OC)cc1N(C)CCN(C)C. The van der Waals surface area contributed by atoms with Crippen molar-refractivity contribution >= 4 is 33.9 Å². The molecule has 2 aromatic heterocycles. The summed E-state index contributed by atoms with van der Waals surface area (Å²) in [5.74, 6) is -0.113. The number of nitrogens with zero attached hydrogens (tertiary/aromatic N) is 8. The van der Waals surface area contributed by atoms with Crippen molar-refractivity contribution < 1.29 is 17.9 Å². The Morgan fingerprint density at radius 2 is 1.93 bits per heavy atom. The Labute approximate surface area is 248 Å². The summed E-state index contributed by atoms with van der Waals surface area (Å²) in [6, 6.07) is 10.3. The fraction of sp³-hybridized carbons (Fsp3) is 0.333. The van der Waals surface area contributed by atoms with E-state index >= 15 is 0 Å². The van der Waals surface area contributed by atoms with Crippen LogP contribution >= 0.6 is 0 Å². The Balaban J connectivity index is 1.83. The van der Waals surface area contributed by atoms with Crippen molar-refractivity contribution in [2.24, 2.45) is 0 Å². The van der Waals surface area contributed by atoms with Crippen molar-refractivity contribution in [3.8, 4) is 17.6 Å². The molecule has 43 heavy (non-hydrogen) atoms. The van der Waals surface area contributed by atoms with Gasteiger partial charge in [-0.15, -0.1) is 11.8 Å². The lowest BCUT2D eigenvalue weighted by molar-refractivity contribution is -0.138. The molecule has 0 saturated heterocycles. The number of ether oxygens (including phenoxy) is 1. The maximum atomic E-state index is 14.2. The number of nitrogens with one attached hydrogen (secondary N) is 1. The second kappa shape index (κ2) is 13.0. The van der Waals surface area contributed by atoms with Crippen LogP contribution in [0.4, 0.5) is 36.2 Å². The molecular formula is C30H33F3N9O-. The molecule has 10 nitrogen and oxygen atoms in total. The van der Waals surface area contributed by atoms with Crippen molar-refractivity contribution in [1.82, 2.24) is 24.6 Å². The number of methoxy groups -OCH3 is 1. The van der Waals surface area contributed by atoms with Crippen LogP contribution in [-0.2, 0) is 12.6 Å². The highest BCUT2D eigenvalue weighted by Gasteiger charge is 2.37. The standard InChI is InChI=1S/C30H33F3N9O/c1-7-11-35-23-15-24(27(43-6)16-26(23)41(5)13-12-40(3)4)37-29-36-18-21(30(31,32)33)28(38-29)42-25-10-9-19(17-34)14-20(25)22(8-2)39-42/h7,9-11,14-16,18H,8,12-13H2,1-6H3,(H,36,37,38)/q-1. The van der Waals surface area contributed by atoms with Crippen molar-refractivity contribution in [3.05, 3.63) is 70.9 Å². The second-order valence-corrected chi connectivity index (χ2v) is 9.99. The number of halogens is 3. The molecule has 1 N–H and O–H groups in total. The van der Waals surface area contributed by atoms with Gasteiger partial charge in [-0.05, 0) is 51.7 Å². The van der Waals surface area contributed by atoms with Crippen LogP contribution < -0.4 is 15.0 Å². The number of alkyl halides is 3. The van der Waals surface area contributed by atoms with Crippen LogP contribution in [0.15, 0.2) is 48.8 Å². The monoisotopic (exact) mass is 592 g/mol. The molecule has 0 spiro atoms. The van der Waals surface area contributed by atoms with E-state index in [2.05, 4.69) is 36.7 Å². The normalized spacial score (nSPS) is 11.7. The zero-order chi connectivity index (χ0) is 31.3. The van der Waals surface area contributed by atoms with Crippen LogP contribution in [-0.4, -0.2) is 66.0 Å². The van der Waals surface area contributed by atoms with E-state index in [0.717, 1.165) is 29.7 Å². The highest BCUT2D eigenvalue weighted by Crippen LogP contribution is 2.42. The topological polar surface area (TPSA) is 109 Å². The van der Waals surface area contributed by atoms with Gasteiger partial charge in [0.15, 0.2) is 5.82 Å². The third-order valence-electron chi connectivity index (χ3n) is 6.69. The first kappa shape index (κ1) is 31.1. The van der Waals surface area contributed by atoms with Gasteiger partial charge in [-0.1, -0.05) is 6.92 Å². The van der Waals surface area contributed by atoms with Gasteiger partial charge in [0.1, 0.15) is 11.3 Å². The number of benzene rings is 2. The molecule has 2 heterocycles. The Kier molecular flexibility index (Phi) is 9.40. The minimum atomic E-state index is -4.75. The molecule has 4 rings (SSSR count). The smallest absolute Gasteiger partial charge is 0.421 e. The predicted octanol–water partition coefficient (Wildman–Crippen LogP) is 6.56. The number of allylic oxidation sites excluding steroid dienone is 1. The highest BCUT2D eigenvalue weighted by atomic mass is 19.4. The van der Waals surface area contributed by atoms with Gasteiger partial charge in [-0.3, -0.25) is 0 Å². The first-order valence-electron chi connectivity index (χ1n) is 13.5. The highest BCUT2D eigenvalue weighted by molar-refractivity contribution is 5.85. The predicted molar refractivity (Wildman–Crippen MR) is 162 cm³/mol. The number of hydrogen-bond donors (Lipinski definition) is 1. The van der Waals surface area contributed by atoms with E-state index in [1.54, 1.807) is 30.5 Å². The third kappa shape index (κ3) is 6.81. The fourth-order valence-corrected chi connectivity index (χ4v) is 4.45. The second-order valence-electron chi connectivity index (χ2n) is 9.99. The Bertz CT molecular complexity index is 1670. The number of aryl methyl sites for hydroxylation is 1. The van der Waals surface area contributed by atoms with Crippen LogP contribution in [0.5, 0.6) is 5.75 Å². The minimum Gasteiger partial charge on any atom is -0.663 e. The molecule has 0 atom stereocenters. The van der Waals surface area contributed by atoms with Crippen molar-refractivity contribution in [2.75, 3.05) is 51.6 Å². The van der Waals surface area contributed by atoms with Crippen LogP contribution in [0.25, 0.3) is 22.0 Å². The molecule has 0 saturated carbocycles. The number of rotatable bonds is 11. The van der Waals surface area contributed by atoms with E-state index in [1.165, 1.54) is 13.2 Å². The molecule has 226 valence electrons. The molecule has 0 fully saturated rings. The Morgan fingerprint density at radius 1 is 1.16 bits per heavy atom. The lowest BCUT2D eigenvalue weighted by Gasteiger charge is -2.31. The van der Waals surface area contributed by atoms with E-state index in [-0.39, 0.29) is 5.95 Å². The number of hydrogen-bond acceptors (Lipinski definition) is 8. The van der Waals surface area contributed by atoms with E-state index in [0.29, 0.717) is 45.7 Å². The molecule has 13 heteroatoms. The summed E-state index contributed by atoms with van der Waals surface area (Å²) in [6.45, 7) is 5.22. The average Bonchev–Trinajstić information content (AvgIpc) is 3.36. The third-order valence-corrected chi connectivity index (χ3v) is 6.69. The Hall–Kier alpha value is -4.83. The maximum Gasteiger partial charge on any atom is 0.421 e. The lowest BCUT2D eigenvalue weighted by Crippen LogP contribution is -2.28. The summed E-state index contributed by atoms with van der Waals surface area (Å²) in [7, 11) is 7.43. The molecule has 0 radical (unpaired) electrons. The maximum absolute atomic E-state index is 14.2. The van der Waals surface area contributed by atoms with Gasteiger partial charge in [0.05, 0.1) is 35.6 Å². The molecule has 2 aromatic carbocycles. The lowest BCUT2D eigenvalue weighted by atomic mass is 10.1. The van der Waals surface area contributed by atoms with Crippen LogP contribution in [0.1, 0.15) is 30.7 Å². The first-order valence-corrected chi connectivity index (χ1v) is 13.5. The molecule has 0 aliphatic heterocycles. The van der Waals surface area contributed by atoms with Gasteiger partial charge in [0.2, 0.25) is 5.95 Å². The van der Waals surface area contributed by atoms with E-state index in [4.69, 9.17) is 4.74 Å². The molecule has 0 aliphatic rings. The summed E-state index contributed by atoms with van der Waals surface area (Å²) < 4.78 is 49.4. The molecule has 0 aliphatic carbocycles. The summed E-state index contributed by atoms with van der Waals surface area (Å²) >= 11 is 0. The molecule has 0 bridgehead atoms. The quantitative estimate of drug-likeness (QED) is 0.209. The van der Waals surface area contributed by atoms with Gasteiger partial charge in [-0.2, -0.15) is 34.7 Å². The van der Waals surface area contributed by atoms with Gasteiger partial charge >= 0.3 is 6.18 Å². The van der Waals surface area contributed by atoms with Gasteiger partial charge in [0, 0.05) is 43.5 Å². The number of anilines is 3. The summed E-state index contributed by atoms with van der Waals surface area (Å²) in [6.07, 6.45) is -0.117. The molecule has 0 unspecified atom stereocenters. The van der Waals surface area contributed by atoms with E-state index in [9.17, 15) is 18.4 Å². The minimum absolute atomic E-state index is 0.0951. The average molecular weight is 593 g/mol. The first-order chi connectivity index (χ1) is 20.5. The molecular weight excluding hydrogens is 559 g/mol. The Morgan fingerprint density at radius 3 is 2.56 bits per heavy atom. The summed E-state index contributed by atoms with van der Waals surface area (Å²) in [5.41, 5.74) is 2.10.